The Kier molecular flexibility index (Phi) is 7.38. The van der Waals surface area contributed by atoms with E-state index in [-0.39, 0.29) is 16.6 Å². The molecule has 1 aliphatic heterocycles. The molecule has 1 saturated heterocycles. The number of esters is 1. The van der Waals surface area contributed by atoms with Gasteiger partial charge in [-0.15, -0.1) is 0 Å². The smallest absolute Gasteiger partial charge is 0.329 e. The minimum atomic E-state index is -3.80. The molecule has 9 nitrogen and oxygen atoms in total. The number of rotatable bonds is 8. The number of sulfonamides is 1. The quantitative estimate of drug-likeness (QED) is 0.461. The molecule has 1 atom stereocenters. The zero-order valence-electron chi connectivity index (χ0n) is 19.0. The molecule has 0 bridgehead atoms. The van der Waals surface area contributed by atoms with Crippen LogP contribution in [0.3, 0.4) is 0 Å². The summed E-state index contributed by atoms with van der Waals surface area (Å²) in [6.07, 6.45) is 2.35. The van der Waals surface area contributed by atoms with Gasteiger partial charge in [0.1, 0.15) is 6.04 Å². The Morgan fingerprint density at radius 3 is 2.42 bits per heavy atom. The van der Waals surface area contributed by atoms with Crippen LogP contribution in [0.15, 0.2) is 35.2 Å². The molecule has 2 heterocycles. The van der Waals surface area contributed by atoms with Crippen molar-refractivity contribution in [1.29, 1.82) is 0 Å². The van der Waals surface area contributed by atoms with Gasteiger partial charge in [-0.25, -0.2) is 18.4 Å². The number of aromatic nitrogens is 1. The van der Waals surface area contributed by atoms with Gasteiger partial charge in [0.2, 0.25) is 21.7 Å². The van der Waals surface area contributed by atoms with Crippen molar-refractivity contribution in [1.82, 2.24) is 9.47 Å². The summed E-state index contributed by atoms with van der Waals surface area (Å²) in [6.45, 7) is 5.60. The normalized spacial score (nSPS) is 16.1. The van der Waals surface area contributed by atoms with Crippen LogP contribution in [0.2, 0.25) is 0 Å². The van der Waals surface area contributed by atoms with Crippen molar-refractivity contribution < 1.29 is 27.5 Å². The molecule has 1 aromatic carbocycles. The van der Waals surface area contributed by atoms with Gasteiger partial charge in [-0.1, -0.05) is 6.92 Å². The lowest BCUT2D eigenvalue weighted by Gasteiger charge is -2.23. The van der Waals surface area contributed by atoms with Crippen molar-refractivity contribution in [3.63, 3.8) is 0 Å². The molecule has 1 aromatic heterocycles. The number of hydrogen-bond acceptors (Lipinski definition) is 6. The van der Waals surface area contributed by atoms with Crippen molar-refractivity contribution in [2.75, 3.05) is 13.2 Å². The Morgan fingerprint density at radius 1 is 1.15 bits per heavy atom. The first kappa shape index (κ1) is 24.7. The monoisotopic (exact) mass is 475 g/mol. The largest absolute Gasteiger partial charge is 0.456 e. The van der Waals surface area contributed by atoms with E-state index in [1.54, 1.807) is 30.0 Å². The summed E-state index contributed by atoms with van der Waals surface area (Å²) >= 11 is 0. The molecule has 178 valence electrons. The number of likely N-dealkylation sites (tertiary alicyclic amines) is 1. The molecular weight excluding hydrogens is 446 g/mol. The third-order valence-corrected chi connectivity index (χ3v) is 6.74. The fraction of sp³-hybridized carbons (Fsp3) is 0.435. The third-order valence-electron chi connectivity index (χ3n) is 5.81. The lowest BCUT2D eigenvalue weighted by molar-refractivity contribution is -0.152. The predicted molar refractivity (Wildman–Crippen MR) is 122 cm³/mol. The second-order valence-electron chi connectivity index (χ2n) is 8.19. The number of nitrogens with two attached hydrogens (primary N) is 1. The van der Waals surface area contributed by atoms with Gasteiger partial charge in [0.15, 0.2) is 6.61 Å². The van der Waals surface area contributed by atoms with Gasteiger partial charge >= 0.3 is 5.97 Å². The molecule has 2 N–H and O–H groups in total. The number of ketones is 1. The fourth-order valence-electron chi connectivity index (χ4n) is 4.21. The highest BCUT2D eigenvalue weighted by Gasteiger charge is 2.35. The fourth-order valence-corrected chi connectivity index (χ4v) is 4.72. The van der Waals surface area contributed by atoms with Gasteiger partial charge in [0.05, 0.1) is 4.90 Å². The number of Topliss-reactive ketones (excluding diaryl/α,β-unsaturated/α-hetero) is 1. The van der Waals surface area contributed by atoms with Crippen LogP contribution < -0.4 is 5.14 Å². The maximum Gasteiger partial charge on any atom is 0.329 e. The van der Waals surface area contributed by atoms with Crippen LogP contribution in [0.4, 0.5) is 0 Å². The molecule has 33 heavy (non-hydrogen) atoms. The van der Waals surface area contributed by atoms with Gasteiger partial charge in [-0.2, -0.15) is 0 Å². The topological polar surface area (TPSA) is 129 Å². The number of nitrogens with zero attached hydrogens (tertiary/aromatic N) is 2. The first-order chi connectivity index (χ1) is 15.5. The van der Waals surface area contributed by atoms with Crippen LogP contribution in [-0.2, 0) is 24.3 Å². The molecule has 10 heteroatoms. The van der Waals surface area contributed by atoms with E-state index in [0.29, 0.717) is 42.8 Å². The van der Waals surface area contributed by atoms with Gasteiger partial charge in [0.25, 0.3) is 0 Å². The lowest BCUT2D eigenvalue weighted by Crippen LogP contribution is -2.41. The summed E-state index contributed by atoms with van der Waals surface area (Å²) in [5.74, 6) is -0.980. The van der Waals surface area contributed by atoms with Gasteiger partial charge in [-0.05, 0) is 63.4 Å². The minimum absolute atomic E-state index is 0.00435. The van der Waals surface area contributed by atoms with E-state index >= 15 is 0 Å². The molecule has 0 aliphatic carbocycles. The van der Waals surface area contributed by atoms with Crippen molar-refractivity contribution >= 4 is 27.7 Å². The number of amides is 1. The summed E-state index contributed by atoms with van der Waals surface area (Å²) in [5.41, 5.74) is 2.47. The van der Waals surface area contributed by atoms with Crippen molar-refractivity contribution in [3.05, 3.63) is 47.3 Å². The number of hydrogen-bond donors (Lipinski definition) is 1. The van der Waals surface area contributed by atoms with E-state index in [4.69, 9.17) is 9.88 Å². The second kappa shape index (κ2) is 9.88. The van der Waals surface area contributed by atoms with Gasteiger partial charge in [0, 0.05) is 35.6 Å². The van der Waals surface area contributed by atoms with Crippen molar-refractivity contribution in [2.24, 2.45) is 5.14 Å². The van der Waals surface area contributed by atoms with Crippen LogP contribution in [0.5, 0.6) is 0 Å². The van der Waals surface area contributed by atoms with E-state index in [1.807, 2.05) is 18.4 Å². The Hall–Kier alpha value is -2.98. The molecule has 0 spiro atoms. The first-order valence-corrected chi connectivity index (χ1v) is 12.4. The molecular formula is C23H29N3O6S. The predicted octanol–water partition coefficient (Wildman–Crippen LogP) is 2.26. The van der Waals surface area contributed by atoms with E-state index in [1.165, 1.54) is 12.1 Å². The maximum atomic E-state index is 12.8. The van der Waals surface area contributed by atoms with E-state index in [0.717, 1.165) is 12.1 Å². The highest BCUT2D eigenvalue weighted by atomic mass is 32.2. The Balaban J connectivity index is 1.71. The first-order valence-electron chi connectivity index (χ1n) is 10.9. The Bertz CT molecular complexity index is 1170. The number of benzene rings is 1. The number of carbonyl (C=O) groups excluding carboxylic acids is 3. The number of aryl methyl sites for hydroxylation is 1. The van der Waals surface area contributed by atoms with E-state index in [9.17, 15) is 22.8 Å². The van der Waals surface area contributed by atoms with E-state index < -0.39 is 28.6 Å². The van der Waals surface area contributed by atoms with Crippen LogP contribution >= 0.6 is 0 Å². The molecule has 1 aliphatic rings. The van der Waals surface area contributed by atoms with Gasteiger partial charge in [-0.3, -0.25) is 9.59 Å². The highest BCUT2D eigenvalue weighted by Crippen LogP contribution is 2.23. The molecule has 1 amide bonds. The van der Waals surface area contributed by atoms with Gasteiger partial charge < -0.3 is 14.2 Å². The maximum absolute atomic E-state index is 12.8. The standard InChI is InChI=1S/C23H29N3O6S/c1-4-6-22(28)25-12-5-7-20(25)23(29)32-14-21(27)19-13-15(2)26(16(19)3)17-8-10-18(11-9-17)33(24,30)31/h8-11,13,20H,4-7,12,14H2,1-3H3,(H2,24,30,31). The molecule has 0 radical (unpaired) electrons. The molecule has 1 unspecified atom stereocenters. The molecule has 0 saturated carbocycles. The van der Waals surface area contributed by atoms with Crippen LogP contribution in [0, 0.1) is 13.8 Å². The van der Waals surface area contributed by atoms with Crippen LogP contribution in [-0.4, -0.2) is 54.7 Å². The number of carbonyl (C=O) groups is 3. The molecule has 3 rings (SSSR count). The molecule has 2 aromatic rings. The average Bonchev–Trinajstić information content (AvgIpc) is 3.36. The van der Waals surface area contributed by atoms with Crippen molar-refractivity contribution in [2.45, 2.75) is 57.4 Å². The SMILES string of the molecule is CCCC(=O)N1CCCC1C(=O)OCC(=O)c1cc(C)n(-c2ccc(S(N)(=O)=O)cc2)c1C. The third kappa shape index (κ3) is 5.33. The minimum Gasteiger partial charge on any atom is -0.456 e. The zero-order valence-corrected chi connectivity index (χ0v) is 19.9. The average molecular weight is 476 g/mol. The summed E-state index contributed by atoms with van der Waals surface area (Å²) in [6, 6.07) is 7.08. The van der Waals surface area contributed by atoms with Crippen LogP contribution in [0.1, 0.15) is 54.4 Å². The summed E-state index contributed by atoms with van der Waals surface area (Å²) in [7, 11) is -3.80. The number of primary sulfonamides is 1. The number of ether oxygens (including phenoxy) is 1. The Labute approximate surface area is 193 Å². The highest BCUT2D eigenvalue weighted by molar-refractivity contribution is 7.89. The van der Waals surface area contributed by atoms with E-state index in [2.05, 4.69) is 0 Å². The summed E-state index contributed by atoms with van der Waals surface area (Å²) in [5, 5.41) is 5.15. The summed E-state index contributed by atoms with van der Waals surface area (Å²) < 4.78 is 30.1. The lowest BCUT2D eigenvalue weighted by atomic mass is 10.1. The Morgan fingerprint density at radius 2 is 1.82 bits per heavy atom. The molecule has 1 fully saturated rings. The zero-order chi connectivity index (χ0) is 24.3. The summed E-state index contributed by atoms with van der Waals surface area (Å²) in [4.78, 5) is 39.1. The second-order valence-corrected chi connectivity index (χ2v) is 9.75. The van der Waals surface area contributed by atoms with Crippen molar-refractivity contribution in [3.8, 4) is 5.69 Å². The van der Waals surface area contributed by atoms with Crippen LogP contribution in [0.25, 0.3) is 5.69 Å².